The molecule has 0 unspecified atom stereocenters. The summed E-state index contributed by atoms with van der Waals surface area (Å²) in [7, 11) is 0. The fourth-order valence-corrected chi connectivity index (χ4v) is 7.08. The number of hydrogen-bond donors (Lipinski definition) is 0. The molecule has 0 radical (unpaired) electrons. The number of esters is 1. The Bertz CT molecular complexity index is 2160. The number of halogens is 1. The molecule has 46 heavy (non-hydrogen) atoms. The van der Waals surface area contributed by atoms with Crippen molar-refractivity contribution >= 4 is 50.1 Å². The molecule has 1 aliphatic rings. The van der Waals surface area contributed by atoms with Gasteiger partial charge in [-0.25, -0.2) is 9.79 Å². The van der Waals surface area contributed by atoms with Gasteiger partial charge in [0.25, 0.3) is 5.56 Å². The number of ether oxygens (including phenoxy) is 3. The van der Waals surface area contributed by atoms with Crippen molar-refractivity contribution in [2.75, 3.05) is 6.61 Å². The van der Waals surface area contributed by atoms with Gasteiger partial charge in [-0.1, -0.05) is 72.0 Å². The summed E-state index contributed by atoms with van der Waals surface area (Å²) < 4.78 is 20.5. The lowest BCUT2D eigenvalue weighted by Gasteiger charge is -2.26. The Morgan fingerprint density at radius 2 is 1.76 bits per heavy atom. The Morgan fingerprint density at radius 3 is 2.52 bits per heavy atom. The molecular weight excluding hydrogens is 664 g/mol. The van der Waals surface area contributed by atoms with E-state index in [2.05, 4.69) is 46.3 Å². The molecule has 0 N–H and O–H groups in total. The Hall–Kier alpha value is -4.47. The van der Waals surface area contributed by atoms with E-state index in [-0.39, 0.29) is 18.3 Å². The van der Waals surface area contributed by atoms with E-state index in [0.717, 1.165) is 15.6 Å². The molecule has 0 fully saturated rings. The molecule has 7 nitrogen and oxygen atoms in total. The zero-order valence-electron chi connectivity index (χ0n) is 26.0. The number of carbonyl (C=O) groups is 1. The molecule has 5 aromatic rings. The zero-order chi connectivity index (χ0) is 32.4. The van der Waals surface area contributed by atoms with Gasteiger partial charge in [0, 0.05) is 5.56 Å². The van der Waals surface area contributed by atoms with Crippen LogP contribution in [0.25, 0.3) is 16.8 Å². The van der Waals surface area contributed by atoms with E-state index in [1.54, 1.807) is 18.4 Å². The largest absolute Gasteiger partial charge is 0.491 e. The second kappa shape index (κ2) is 13.5. The summed E-state index contributed by atoms with van der Waals surface area (Å²) in [5.41, 5.74) is 3.15. The second-order valence-corrected chi connectivity index (χ2v) is 13.0. The molecule has 0 saturated carbocycles. The summed E-state index contributed by atoms with van der Waals surface area (Å²) in [6.45, 7) is 8.03. The molecule has 0 amide bonds. The van der Waals surface area contributed by atoms with Gasteiger partial charge in [-0.2, -0.15) is 0 Å². The zero-order valence-corrected chi connectivity index (χ0v) is 28.4. The number of nitrogens with zero attached hydrogens (tertiary/aromatic N) is 2. The first-order valence-corrected chi connectivity index (χ1v) is 16.7. The molecule has 9 heteroatoms. The minimum atomic E-state index is -0.759. The lowest BCUT2D eigenvalue weighted by atomic mass is 9.95. The Kier molecular flexibility index (Phi) is 9.24. The molecular formula is C37H33BrN2O5S. The van der Waals surface area contributed by atoms with E-state index in [1.807, 2.05) is 74.5 Å². The van der Waals surface area contributed by atoms with Crippen molar-refractivity contribution in [3.05, 3.63) is 137 Å². The molecule has 0 saturated heterocycles. The third-order valence-corrected chi connectivity index (χ3v) is 9.16. The highest BCUT2D eigenvalue weighted by Gasteiger charge is 2.35. The highest BCUT2D eigenvalue weighted by atomic mass is 79.9. The number of fused-ring (bicyclic) bond motifs is 2. The summed E-state index contributed by atoms with van der Waals surface area (Å²) in [6.07, 6.45) is 1.73. The molecule has 2 heterocycles. The maximum Gasteiger partial charge on any atom is 0.338 e. The first-order chi connectivity index (χ1) is 22.2. The molecule has 234 valence electrons. The van der Waals surface area contributed by atoms with E-state index in [1.165, 1.54) is 22.1 Å². The molecule has 1 aliphatic heterocycles. The van der Waals surface area contributed by atoms with Crippen molar-refractivity contribution in [2.24, 2.45) is 4.99 Å². The number of hydrogen-bond acceptors (Lipinski definition) is 7. The number of para-hydroxylation sites is 1. The van der Waals surface area contributed by atoms with Crippen molar-refractivity contribution in [1.82, 2.24) is 4.57 Å². The Balaban J connectivity index is 1.35. The topological polar surface area (TPSA) is 79.1 Å². The first kappa shape index (κ1) is 31.5. The third-order valence-electron chi connectivity index (χ3n) is 7.56. The third kappa shape index (κ3) is 6.43. The highest BCUT2D eigenvalue weighted by molar-refractivity contribution is 9.10. The van der Waals surface area contributed by atoms with Crippen LogP contribution in [0.3, 0.4) is 0 Å². The fraction of sp³-hybridized carbons (Fsp3) is 0.216. The Labute approximate surface area is 279 Å². The number of benzene rings is 4. The van der Waals surface area contributed by atoms with Gasteiger partial charge in [-0.3, -0.25) is 9.36 Å². The van der Waals surface area contributed by atoms with E-state index in [4.69, 9.17) is 19.2 Å². The van der Waals surface area contributed by atoms with Crippen molar-refractivity contribution in [3.63, 3.8) is 0 Å². The van der Waals surface area contributed by atoms with Crippen LogP contribution in [0.15, 0.2) is 110 Å². The van der Waals surface area contributed by atoms with Crippen LogP contribution in [0.5, 0.6) is 11.5 Å². The number of thiazole rings is 1. The smallest absolute Gasteiger partial charge is 0.338 e. The predicted molar refractivity (Wildman–Crippen MR) is 185 cm³/mol. The normalized spacial score (nSPS) is 14.7. The van der Waals surface area contributed by atoms with E-state index in [9.17, 15) is 9.59 Å². The van der Waals surface area contributed by atoms with Gasteiger partial charge < -0.3 is 14.2 Å². The van der Waals surface area contributed by atoms with Crippen molar-refractivity contribution in [2.45, 2.75) is 46.4 Å². The van der Waals surface area contributed by atoms with Crippen LogP contribution in [-0.2, 0) is 16.1 Å². The van der Waals surface area contributed by atoms with Crippen LogP contribution in [0.4, 0.5) is 0 Å². The number of allylic oxidation sites excluding steroid dienone is 1. The summed E-state index contributed by atoms with van der Waals surface area (Å²) in [5.74, 6) is 0.783. The van der Waals surface area contributed by atoms with Crippen molar-refractivity contribution in [1.29, 1.82) is 0 Å². The van der Waals surface area contributed by atoms with Gasteiger partial charge in [-0.15, -0.1) is 0 Å². The summed E-state index contributed by atoms with van der Waals surface area (Å²) in [6, 6.07) is 27.0. The van der Waals surface area contributed by atoms with Gasteiger partial charge >= 0.3 is 5.97 Å². The van der Waals surface area contributed by atoms with Crippen LogP contribution >= 0.6 is 27.3 Å². The minimum absolute atomic E-state index is 0.105. The fourth-order valence-electron chi connectivity index (χ4n) is 5.52. The van der Waals surface area contributed by atoms with Gasteiger partial charge in [0.2, 0.25) is 0 Å². The minimum Gasteiger partial charge on any atom is -0.491 e. The van der Waals surface area contributed by atoms with Crippen molar-refractivity contribution < 1.29 is 19.0 Å². The second-order valence-electron chi connectivity index (χ2n) is 11.2. The van der Waals surface area contributed by atoms with Gasteiger partial charge in [-0.05, 0) is 95.9 Å². The molecule has 6 rings (SSSR count). The van der Waals surface area contributed by atoms with Gasteiger partial charge in [0.05, 0.1) is 33.0 Å². The average molecular weight is 698 g/mol. The molecule has 1 atom stereocenters. The molecule has 1 aromatic heterocycles. The summed E-state index contributed by atoms with van der Waals surface area (Å²) in [4.78, 5) is 32.6. The number of rotatable bonds is 9. The van der Waals surface area contributed by atoms with Crippen LogP contribution in [-0.4, -0.2) is 23.2 Å². The van der Waals surface area contributed by atoms with E-state index >= 15 is 0 Å². The molecule has 4 aromatic carbocycles. The average Bonchev–Trinajstić information content (AvgIpc) is 3.33. The van der Waals surface area contributed by atoms with Crippen molar-refractivity contribution in [3.8, 4) is 11.5 Å². The van der Waals surface area contributed by atoms with Crippen LogP contribution in [0.1, 0.15) is 50.4 Å². The molecule has 0 spiro atoms. The van der Waals surface area contributed by atoms with Crippen LogP contribution in [0.2, 0.25) is 0 Å². The lowest BCUT2D eigenvalue weighted by Crippen LogP contribution is -2.40. The van der Waals surface area contributed by atoms with Gasteiger partial charge in [0.1, 0.15) is 24.1 Å². The first-order valence-electron chi connectivity index (χ1n) is 15.1. The van der Waals surface area contributed by atoms with E-state index < -0.39 is 12.0 Å². The predicted octanol–water partition coefficient (Wildman–Crippen LogP) is 7.08. The van der Waals surface area contributed by atoms with Crippen LogP contribution < -0.4 is 24.4 Å². The maximum atomic E-state index is 14.1. The molecule has 0 aliphatic carbocycles. The quantitative estimate of drug-likeness (QED) is 0.154. The number of carbonyl (C=O) groups excluding carboxylic acids is 1. The van der Waals surface area contributed by atoms with Gasteiger partial charge in [0.15, 0.2) is 4.80 Å². The SMILES string of the molecule is CCOC(=O)C1=C(C)N=c2s/c(=C/c3ccc(OCc4ccc5ccccc5c4)c(Br)c3)c(=O)n2[C@H]1c1ccccc1OC(C)C. The number of aromatic nitrogens is 1. The summed E-state index contributed by atoms with van der Waals surface area (Å²) >= 11 is 4.93. The van der Waals surface area contributed by atoms with Crippen LogP contribution in [0, 0.1) is 0 Å². The highest BCUT2D eigenvalue weighted by Crippen LogP contribution is 2.36. The summed E-state index contributed by atoms with van der Waals surface area (Å²) in [5, 5.41) is 2.36. The van der Waals surface area contributed by atoms with E-state index in [0.29, 0.717) is 44.3 Å². The maximum absolute atomic E-state index is 14.1. The Morgan fingerprint density at radius 1 is 1.00 bits per heavy atom. The monoisotopic (exact) mass is 696 g/mol. The standard InChI is InChI=1S/C37H33BrN2O5S/c1-5-43-36(42)33-23(4)39-37-40(34(33)28-12-8-9-13-30(28)45-22(2)3)35(41)32(46-37)20-24-15-17-31(29(38)19-24)44-21-25-14-16-26-10-6-7-11-27(26)18-25/h6-20,22,34H,5,21H2,1-4H3/b32-20+/t34-/m0/s1. The molecule has 0 bridgehead atoms. The lowest BCUT2D eigenvalue weighted by molar-refractivity contribution is -0.139.